The third-order valence-corrected chi connectivity index (χ3v) is 3.12. The second kappa shape index (κ2) is 6.37. The monoisotopic (exact) mass is 303 g/mol. The number of nitrogens with one attached hydrogen (secondary N) is 2. The van der Waals surface area contributed by atoms with Crippen molar-refractivity contribution in [1.82, 2.24) is 4.98 Å². The Balaban J connectivity index is 2.06. The Labute approximate surface area is 127 Å². The fourth-order valence-corrected chi connectivity index (χ4v) is 1.95. The molecule has 0 radical (unpaired) electrons. The first-order chi connectivity index (χ1) is 9.97. The SMILES string of the molecule is Cc1cc(Cl)ccc1NC(=O)C(=O)Nc1ncccc1C. The van der Waals surface area contributed by atoms with E-state index in [1.807, 2.05) is 0 Å². The molecule has 5 nitrogen and oxygen atoms in total. The average Bonchev–Trinajstić information content (AvgIpc) is 2.44. The first-order valence-corrected chi connectivity index (χ1v) is 6.65. The molecule has 0 atom stereocenters. The Morgan fingerprint density at radius 3 is 2.43 bits per heavy atom. The number of benzene rings is 1. The molecule has 1 aromatic heterocycles. The maximum atomic E-state index is 11.9. The molecule has 2 N–H and O–H groups in total. The molecule has 0 fully saturated rings. The summed E-state index contributed by atoms with van der Waals surface area (Å²) in [5, 5.41) is 5.58. The number of pyridine rings is 1. The molecule has 0 unspecified atom stereocenters. The normalized spacial score (nSPS) is 10.0. The van der Waals surface area contributed by atoms with Crippen molar-refractivity contribution >= 4 is 34.9 Å². The van der Waals surface area contributed by atoms with Gasteiger partial charge in [-0.2, -0.15) is 0 Å². The summed E-state index contributed by atoms with van der Waals surface area (Å²) in [7, 11) is 0. The maximum Gasteiger partial charge on any atom is 0.315 e. The third kappa shape index (κ3) is 3.79. The van der Waals surface area contributed by atoms with Crippen LogP contribution in [0.25, 0.3) is 0 Å². The molecule has 21 heavy (non-hydrogen) atoms. The first kappa shape index (κ1) is 15.0. The number of amides is 2. The molecule has 2 aromatic rings. The number of aryl methyl sites for hydroxylation is 2. The molecule has 0 aliphatic heterocycles. The van der Waals surface area contributed by atoms with E-state index in [-0.39, 0.29) is 0 Å². The minimum atomic E-state index is -0.772. The zero-order valence-corrected chi connectivity index (χ0v) is 12.4. The molecule has 2 rings (SSSR count). The highest BCUT2D eigenvalue weighted by atomic mass is 35.5. The minimum Gasteiger partial charge on any atom is -0.318 e. The molecule has 0 bridgehead atoms. The van der Waals surface area contributed by atoms with E-state index in [1.165, 1.54) is 0 Å². The Hall–Kier alpha value is -2.40. The van der Waals surface area contributed by atoms with E-state index < -0.39 is 11.8 Å². The van der Waals surface area contributed by atoms with E-state index in [4.69, 9.17) is 11.6 Å². The number of halogens is 1. The average molecular weight is 304 g/mol. The number of nitrogens with zero attached hydrogens (tertiary/aromatic N) is 1. The lowest BCUT2D eigenvalue weighted by molar-refractivity contribution is -0.133. The van der Waals surface area contributed by atoms with Gasteiger partial charge in [-0.3, -0.25) is 9.59 Å². The van der Waals surface area contributed by atoms with Crippen LogP contribution in [0.1, 0.15) is 11.1 Å². The molecule has 0 saturated carbocycles. The lowest BCUT2D eigenvalue weighted by atomic mass is 10.2. The predicted octanol–water partition coefficient (Wildman–Crippen LogP) is 2.93. The highest BCUT2D eigenvalue weighted by Gasteiger charge is 2.16. The molecular formula is C15H14ClN3O2. The van der Waals surface area contributed by atoms with Crippen LogP contribution in [-0.4, -0.2) is 16.8 Å². The molecule has 108 valence electrons. The van der Waals surface area contributed by atoms with Crippen LogP contribution in [0, 0.1) is 13.8 Å². The molecular weight excluding hydrogens is 290 g/mol. The summed E-state index contributed by atoms with van der Waals surface area (Å²) in [6.07, 6.45) is 1.55. The van der Waals surface area contributed by atoms with Gasteiger partial charge in [0.25, 0.3) is 0 Å². The number of anilines is 2. The Kier molecular flexibility index (Phi) is 4.55. The molecule has 1 aromatic carbocycles. The van der Waals surface area contributed by atoms with Crippen LogP contribution >= 0.6 is 11.6 Å². The largest absolute Gasteiger partial charge is 0.318 e. The topological polar surface area (TPSA) is 71.1 Å². The predicted molar refractivity (Wildman–Crippen MR) is 82.4 cm³/mol. The van der Waals surface area contributed by atoms with Crippen LogP contribution in [0.3, 0.4) is 0 Å². The van der Waals surface area contributed by atoms with Crippen LogP contribution in [0.5, 0.6) is 0 Å². The van der Waals surface area contributed by atoms with Crippen molar-refractivity contribution in [3.05, 3.63) is 52.7 Å². The minimum absolute atomic E-state index is 0.366. The van der Waals surface area contributed by atoms with Crippen LogP contribution in [0.4, 0.5) is 11.5 Å². The first-order valence-electron chi connectivity index (χ1n) is 6.27. The van der Waals surface area contributed by atoms with Crippen LogP contribution in [0.15, 0.2) is 36.5 Å². The van der Waals surface area contributed by atoms with Gasteiger partial charge in [-0.05, 0) is 49.2 Å². The van der Waals surface area contributed by atoms with Crippen LogP contribution < -0.4 is 10.6 Å². The zero-order chi connectivity index (χ0) is 15.4. The van der Waals surface area contributed by atoms with E-state index >= 15 is 0 Å². The lowest BCUT2D eigenvalue weighted by Gasteiger charge is -2.09. The summed E-state index contributed by atoms with van der Waals surface area (Å²) >= 11 is 5.84. The van der Waals surface area contributed by atoms with E-state index in [0.29, 0.717) is 16.5 Å². The molecule has 0 aliphatic carbocycles. The molecule has 2 amide bonds. The van der Waals surface area contributed by atoms with Gasteiger partial charge in [-0.25, -0.2) is 4.98 Å². The van der Waals surface area contributed by atoms with E-state index in [0.717, 1.165) is 11.1 Å². The van der Waals surface area contributed by atoms with Crippen LogP contribution in [-0.2, 0) is 9.59 Å². The number of hydrogen-bond donors (Lipinski definition) is 2. The van der Waals surface area contributed by atoms with Gasteiger partial charge < -0.3 is 10.6 Å². The zero-order valence-electron chi connectivity index (χ0n) is 11.6. The van der Waals surface area contributed by atoms with E-state index in [2.05, 4.69) is 15.6 Å². The summed E-state index contributed by atoms with van der Waals surface area (Å²) in [5.41, 5.74) is 2.09. The van der Waals surface area contributed by atoms with Crippen molar-refractivity contribution in [2.45, 2.75) is 13.8 Å². The van der Waals surface area contributed by atoms with Gasteiger partial charge in [0.1, 0.15) is 5.82 Å². The Morgan fingerprint density at radius 1 is 1.05 bits per heavy atom. The second-order valence-corrected chi connectivity index (χ2v) is 4.97. The van der Waals surface area contributed by atoms with E-state index in [1.54, 1.807) is 50.4 Å². The molecule has 6 heteroatoms. The van der Waals surface area contributed by atoms with Gasteiger partial charge in [0.2, 0.25) is 0 Å². The van der Waals surface area contributed by atoms with Crippen molar-refractivity contribution in [2.24, 2.45) is 0 Å². The fraction of sp³-hybridized carbons (Fsp3) is 0.133. The molecule has 1 heterocycles. The summed E-state index contributed by atoms with van der Waals surface area (Å²) in [5.74, 6) is -1.16. The number of rotatable bonds is 2. The summed E-state index contributed by atoms with van der Waals surface area (Å²) < 4.78 is 0. The number of hydrogen-bond acceptors (Lipinski definition) is 3. The number of carbonyl (C=O) groups is 2. The summed E-state index contributed by atoms with van der Waals surface area (Å²) in [6, 6.07) is 8.55. The van der Waals surface area contributed by atoms with Gasteiger partial charge in [0.15, 0.2) is 0 Å². The quantitative estimate of drug-likeness (QED) is 0.838. The highest BCUT2D eigenvalue weighted by Crippen LogP contribution is 2.19. The van der Waals surface area contributed by atoms with Crippen molar-refractivity contribution in [3.8, 4) is 0 Å². The van der Waals surface area contributed by atoms with Gasteiger partial charge in [-0.1, -0.05) is 17.7 Å². The summed E-state index contributed by atoms with van der Waals surface area (Å²) in [6.45, 7) is 3.59. The highest BCUT2D eigenvalue weighted by molar-refractivity contribution is 6.43. The number of aromatic nitrogens is 1. The van der Waals surface area contributed by atoms with Crippen LogP contribution in [0.2, 0.25) is 5.02 Å². The van der Waals surface area contributed by atoms with Gasteiger partial charge in [0.05, 0.1) is 0 Å². The van der Waals surface area contributed by atoms with Crippen molar-refractivity contribution in [3.63, 3.8) is 0 Å². The number of carbonyl (C=O) groups excluding carboxylic acids is 2. The second-order valence-electron chi connectivity index (χ2n) is 4.54. The Morgan fingerprint density at radius 2 is 1.76 bits per heavy atom. The molecule has 0 spiro atoms. The van der Waals surface area contributed by atoms with Gasteiger partial charge in [-0.15, -0.1) is 0 Å². The van der Waals surface area contributed by atoms with Gasteiger partial charge in [0, 0.05) is 16.9 Å². The standard InChI is InChI=1S/C15H14ClN3O2/c1-9-4-3-7-17-13(9)19-15(21)14(20)18-12-6-5-11(16)8-10(12)2/h3-8H,1-2H3,(H,18,20)(H,17,19,21). The van der Waals surface area contributed by atoms with Crippen molar-refractivity contribution < 1.29 is 9.59 Å². The van der Waals surface area contributed by atoms with Gasteiger partial charge >= 0.3 is 11.8 Å². The Bertz CT molecular complexity index is 701. The summed E-state index contributed by atoms with van der Waals surface area (Å²) in [4.78, 5) is 27.7. The molecule has 0 aliphatic rings. The maximum absolute atomic E-state index is 11.9. The molecule has 0 saturated heterocycles. The van der Waals surface area contributed by atoms with Crippen molar-refractivity contribution in [2.75, 3.05) is 10.6 Å². The van der Waals surface area contributed by atoms with E-state index in [9.17, 15) is 9.59 Å². The smallest absolute Gasteiger partial charge is 0.315 e. The fourth-order valence-electron chi connectivity index (χ4n) is 1.73. The van der Waals surface area contributed by atoms with Crippen molar-refractivity contribution in [1.29, 1.82) is 0 Å². The third-order valence-electron chi connectivity index (χ3n) is 2.88. The lowest BCUT2D eigenvalue weighted by Crippen LogP contribution is -2.29.